The molecule has 1 atom stereocenters. The van der Waals surface area contributed by atoms with Crippen molar-refractivity contribution < 1.29 is 14.6 Å². The molecular weight excluding hydrogens is 256 g/mol. The van der Waals surface area contributed by atoms with Gasteiger partial charge in [-0.3, -0.25) is 0 Å². The van der Waals surface area contributed by atoms with Gasteiger partial charge in [0.2, 0.25) is 0 Å². The first-order valence-electron chi connectivity index (χ1n) is 7.07. The van der Waals surface area contributed by atoms with Crippen LogP contribution in [-0.2, 0) is 0 Å². The van der Waals surface area contributed by atoms with Crippen LogP contribution >= 0.6 is 0 Å². The molecule has 0 spiro atoms. The van der Waals surface area contributed by atoms with Gasteiger partial charge in [0.1, 0.15) is 17.6 Å². The molecule has 5 heteroatoms. The zero-order chi connectivity index (χ0) is 14.3. The smallest absolute Gasteiger partial charge is 0.337 e. The van der Waals surface area contributed by atoms with Crippen LogP contribution < -0.4 is 15.0 Å². The molecule has 1 heterocycles. The topological polar surface area (TPSA) is 61.8 Å². The lowest BCUT2D eigenvalue weighted by molar-refractivity contribution is 0.0697. The maximum Gasteiger partial charge on any atom is 0.337 e. The molecule has 0 aromatic heterocycles. The van der Waals surface area contributed by atoms with Crippen molar-refractivity contribution in [2.24, 2.45) is 5.92 Å². The first-order chi connectivity index (χ1) is 9.63. The maximum atomic E-state index is 11.4. The number of fused-ring (bicyclic) bond motifs is 1. The summed E-state index contributed by atoms with van der Waals surface area (Å²) in [5.74, 6) is 0.376. The third kappa shape index (κ3) is 1.88. The molecule has 2 N–H and O–H groups in total. The minimum absolute atomic E-state index is 0.168. The Kier molecular flexibility index (Phi) is 3.20. The second-order valence-corrected chi connectivity index (χ2v) is 5.59. The summed E-state index contributed by atoms with van der Waals surface area (Å²) < 4.78 is 5.37. The largest absolute Gasteiger partial charge is 0.495 e. The lowest BCUT2D eigenvalue weighted by Crippen LogP contribution is -2.38. The number of carboxylic acid groups (broad SMARTS) is 1. The Hall–Kier alpha value is -1.91. The van der Waals surface area contributed by atoms with E-state index in [1.807, 2.05) is 7.05 Å². The number of carboxylic acids is 1. The average Bonchev–Trinajstić information content (AvgIpc) is 3.06. The highest BCUT2D eigenvalue weighted by atomic mass is 16.5. The molecule has 3 rings (SSSR count). The second-order valence-electron chi connectivity index (χ2n) is 5.59. The lowest BCUT2D eigenvalue weighted by Gasteiger charge is -2.28. The third-order valence-corrected chi connectivity index (χ3v) is 4.50. The first-order valence-corrected chi connectivity index (χ1v) is 7.07. The Labute approximate surface area is 118 Å². The van der Waals surface area contributed by atoms with Crippen LogP contribution in [0.2, 0.25) is 0 Å². The molecule has 1 saturated carbocycles. The molecule has 0 radical (unpaired) electrons. The highest BCUT2D eigenvalue weighted by Crippen LogP contribution is 2.46. The number of aromatic carboxylic acids is 1. The fourth-order valence-electron chi connectivity index (χ4n) is 3.51. The van der Waals surface area contributed by atoms with Crippen LogP contribution in [0.5, 0.6) is 5.75 Å². The van der Waals surface area contributed by atoms with Crippen molar-refractivity contribution in [3.05, 3.63) is 17.7 Å². The van der Waals surface area contributed by atoms with Gasteiger partial charge in [0, 0.05) is 7.05 Å². The van der Waals surface area contributed by atoms with E-state index in [0.29, 0.717) is 17.2 Å². The average molecular weight is 276 g/mol. The fraction of sp³-hybridized carbons (Fsp3) is 0.533. The number of carbonyl (C=O) groups is 1. The normalized spacial score (nSPS) is 21.7. The number of hydrogen-bond acceptors (Lipinski definition) is 4. The van der Waals surface area contributed by atoms with Crippen molar-refractivity contribution in [3.63, 3.8) is 0 Å². The summed E-state index contributed by atoms with van der Waals surface area (Å²) in [6, 6.07) is 3.34. The van der Waals surface area contributed by atoms with Gasteiger partial charge in [-0.15, -0.1) is 0 Å². The third-order valence-electron chi connectivity index (χ3n) is 4.50. The number of ether oxygens (including phenoxy) is 1. The predicted molar refractivity (Wildman–Crippen MR) is 77.7 cm³/mol. The van der Waals surface area contributed by atoms with Gasteiger partial charge in [-0.25, -0.2) is 4.79 Å². The lowest BCUT2D eigenvalue weighted by atomic mass is 10.0. The standard InChI is InChI=1S/C15H20N2O3/c1-17-13-10(15(18)19)7-8-11(20-2)12(13)16-14(17)9-5-3-4-6-9/h7-9,14,16H,3-6H2,1-2H3,(H,18,19). The summed E-state index contributed by atoms with van der Waals surface area (Å²) in [7, 11) is 3.58. The SMILES string of the molecule is COc1ccc(C(=O)O)c2c1NC(C1CCCC1)N2C. The van der Waals surface area contributed by atoms with Crippen molar-refractivity contribution >= 4 is 17.3 Å². The number of hydrogen-bond donors (Lipinski definition) is 2. The maximum absolute atomic E-state index is 11.4. The zero-order valence-electron chi connectivity index (χ0n) is 11.8. The summed E-state index contributed by atoms with van der Waals surface area (Å²) in [4.78, 5) is 13.5. The summed E-state index contributed by atoms with van der Waals surface area (Å²) in [6.07, 6.45) is 5.08. The first kappa shape index (κ1) is 13.1. The monoisotopic (exact) mass is 276 g/mol. The highest BCUT2D eigenvalue weighted by Gasteiger charge is 2.37. The molecule has 20 heavy (non-hydrogen) atoms. The van der Waals surface area contributed by atoms with Crippen LogP contribution in [0.3, 0.4) is 0 Å². The molecule has 108 valence electrons. The quantitative estimate of drug-likeness (QED) is 0.889. The fourth-order valence-corrected chi connectivity index (χ4v) is 3.51. The molecule has 1 aromatic carbocycles. The van der Waals surface area contributed by atoms with Crippen molar-refractivity contribution in [3.8, 4) is 5.75 Å². The number of methoxy groups -OCH3 is 1. The Morgan fingerprint density at radius 3 is 2.70 bits per heavy atom. The molecule has 0 bridgehead atoms. The van der Waals surface area contributed by atoms with Crippen molar-refractivity contribution in [2.45, 2.75) is 31.8 Å². The minimum Gasteiger partial charge on any atom is -0.495 e. The zero-order valence-corrected chi connectivity index (χ0v) is 11.8. The van der Waals surface area contributed by atoms with Crippen LogP contribution in [0.25, 0.3) is 0 Å². The van der Waals surface area contributed by atoms with Gasteiger partial charge in [0.25, 0.3) is 0 Å². The van der Waals surface area contributed by atoms with Crippen LogP contribution in [0.15, 0.2) is 12.1 Å². The highest BCUT2D eigenvalue weighted by molar-refractivity contribution is 6.01. The molecule has 1 aliphatic heterocycles. The summed E-state index contributed by atoms with van der Waals surface area (Å²) in [6.45, 7) is 0. The van der Waals surface area contributed by atoms with E-state index >= 15 is 0 Å². The Morgan fingerprint density at radius 1 is 1.40 bits per heavy atom. The van der Waals surface area contributed by atoms with E-state index in [-0.39, 0.29) is 6.17 Å². The van der Waals surface area contributed by atoms with E-state index in [0.717, 1.165) is 11.4 Å². The van der Waals surface area contributed by atoms with Crippen LogP contribution in [0.1, 0.15) is 36.0 Å². The van der Waals surface area contributed by atoms with Crippen LogP contribution in [0.4, 0.5) is 11.4 Å². The number of benzene rings is 1. The van der Waals surface area contributed by atoms with Gasteiger partial charge in [-0.1, -0.05) is 12.8 Å². The summed E-state index contributed by atoms with van der Waals surface area (Å²) in [5.41, 5.74) is 1.89. The van der Waals surface area contributed by atoms with Crippen LogP contribution in [-0.4, -0.2) is 31.4 Å². The van der Waals surface area contributed by atoms with E-state index in [1.54, 1.807) is 19.2 Å². The van der Waals surface area contributed by atoms with Crippen molar-refractivity contribution in [1.29, 1.82) is 0 Å². The Balaban J connectivity index is 2.03. The number of nitrogens with zero attached hydrogens (tertiary/aromatic N) is 1. The van der Waals surface area contributed by atoms with Gasteiger partial charge in [0.05, 0.1) is 18.4 Å². The van der Waals surface area contributed by atoms with Crippen molar-refractivity contribution in [2.75, 3.05) is 24.4 Å². The van der Waals surface area contributed by atoms with Gasteiger partial charge in [-0.05, 0) is 30.9 Å². The van der Waals surface area contributed by atoms with Gasteiger partial charge in [0.15, 0.2) is 0 Å². The van der Waals surface area contributed by atoms with E-state index in [4.69, 9.17) is 4.74 Å². The molecule has 0 saturated heterocycles. The molecule has 1 aliphatic carbocycles. The number of anilines is 2. The van der Waals surface area contributed by atoms with E-state index in [9.17, 15) is 9.90 Å². The second kappa shape index (κ2) is 4.89. The van der Waals surface area contributed by atoms with E-state index < -0.39 is 5.97 Å². The molecule has 1 unspecified atom stereocenters. The molecule has 5 nitrogen and oxygen atoms in total. The molecule has 0 amide bonds. The molecule has 1 fully saturated rings. The Morgan fingerprint density at radius 2 is 2.10 bits per heavy atom. The van der Waals surface area contributed by atoms with Crippen LogP contribution in [0, 0.1) is 5.92 Å². The predicted octanol–water partition coefficient (Wildman–Crippen LogP) is 2.77. The summed E-state index contributed by atoms with van der Waals surface area (Å²) in [5, 5.41) is 12.9. The Bertz CT molecular complexity index is 538. The molecular formula is C15H20N2O3. The molecule has 2 aliphatic rings. The number of nitrogens with one attached hydrogen (secondary N) is 1. The number of rotatable bonds is 3. The molecule has 1 aromatic rings. The van der Waals surface area contributed by atoms with Gasteiger partial charge >= 0.3 is 5.97 Å². The van der Waals surface area contributed by atoms with Gasteiger partial charge < -0.3 is 20.1 Å². The van der Waals surface area contributed by atoms with E-state index in [2.05, 4.69) is 10.2 Å². The van der Waals surface area contributed by atoms with Crippen molar-refractivity contribution in [1.82, 2.24) is 0 Å². The minimum atomic E-state index is -0.898. The van der Waals surface area contributed by atoms with E-state index in [1.165, 1.54) is 25.7 Å². The summed E-state index contributed by atoms with van der Waals surface area (Å²) >= 11 is 0. The van der Waals surface area contributed by atoms with Gasteiger partial charge in [-0.2, -0.15) is 0 Å².